The lowest BCUT2D eigenvalue weighted by Crippen LogP contribution is -2.38. The summed E-state index contributed by atoms with van der Waals surface area (Å²) < 4.78 is 5.54. The first-order chi connectivity index (χ1) is 14.9. The zero-order chi connectivity index (χ0) is 22.0. The number of hydrogen-bond donors (Lipinski definition) is 2. The van der Waals surface area contributed by atoms with Crippen LogP contribution in [-0.2, 0) is 4.79 Å². The Hall–Kier alpha value is -3.36. The lowest BCUT2D eigenvalue weighted by atomic mass is 10.1. The fourth-order valence-electron chi connectivity index (χ4n) is 3.22. The second kappa shape index (κ2) is 8.79. The Bertz CT molecular complexity index is 1180. The molecular weight excluding hydrogens is 436 g/mol. The van der Waals surface area contributed by atoms with E-state index in [4.69, 9.17) is 16.3 Å². The molecule has 0 saturated carbocycles. The number of nitrogens with zero attached hydrogens (tertiary/aromatic N) is 2. The quantitative estimate of drug-likeness (QED) is 0.510. The van der Waals surface area contributed by atoms with E-state index in [1.54, 1.807) is 35.2 Å². The molecule has 1 aliphatic rings. The van der Waals surface area contributed by atoms with Crippen LogP contribution in [0.1, 0.15) is 4.88 Å². The molecule has 0 saturated heterocycles. The van der Waals surface area contributed by atoms with E-state index in [0.29, 0.717) is 33.8 Å². The number of halogens is 1. The van der Waals surface area contributed by atoms with E-state index in [1.807, 2.05) is 25.1 Å². The van der Waals surface area contributed by atoms with Crippen LogP contribution in [0.5, 0.6) is 5.75 Å². The summed E-state index contributed by atoms with van der Waals surface area (Å²) in [5.41, 5.74) is 2.81. The summed E-state index contributed by atoms with van der Waals surface area (Å²) in [5.74, 6) is 0.511. The smallest absolute Gasteiger partial charge is 0.325 e. The number of nitrogens with one attached hydrogen (secondary N) is 2. The van der Waals surface area contributed by atoms with Crippen molar-refractivity contribution in [2.45, 2.75) is 6.92 Å². The van der Waals surface area contributed by atoms with E-state index in [9.17, 15) is 9.59 Å². The number of anilines is 3. The minimum Gasteiger partial charge on any atom is -0.482 e. The van der Waals surface area contributed by atoms with E-state index < -0.39 is 6.03 Å². The molecule has 2 heterocycles. The van der Waals surface area contributed by atoms with Crippen LogP contribution in [0.15, 0.2) is 55.1 Å². The van der Waals surface area contributed by atoms with Gasteiger partial charge in [0.25, 0.3) is 5.91 Å². The summed E-state index contributed by atoms with van der Waals surface area (Å²) >= 11 is 7.31. The van der Waals surface area contributed by atoms with Crippen molar-refractivity contribution in [3.8, 4) is 17.0 Å². The number of aryl methyl sites for hydroxylation is 1. The van der Waals surface area contributed by atoms with Gasteiger partial charge in [0, 0.05) is 27.7 Å². The van der Waals surface area contributed by atoms with Gasteiger partial charge in [-0.2, -0.15) is 0 Å². The first-order valence-corrected chi connectivity index (χ1v) is 10.6. The number of rotatable bonds is 5. The van der Waals surface area contributed by atoms with Crippen molar-refractivity contribution in [1.82, 2.24) is 4.98 Å². The predicted molar refractivity (Wildman–Crippen MR) is 124 cm³/mol. The molecule has 1 aliphatic heterocycles. The lowest BCUT2D eigenvalue weighted by molar-refractivity contribution is -0.121. The van der Waals surface area contributed by atoms with E-state index in [2.05, 4.69) is 22.2 Å². The van der Waals surface area contributed by atoms with Crippen LogP contribution in [-0.4, -0.2) is 30.1 Å². The molecule has 0 fully saturated rings. The molecule has 31 heavy (non-hydrogen) atoms. The third-order valence-electron chi connectivity index (χ3n) is 4.59. The van der Waals surface area contributed by atoms with Gasteiger partial charge in [0.05, 0.1) is 11.4 Å². The highest BCUT2D eigenvalue weighted by atomic mass is 35.5. The number of urea groups is 1. The van der Waals surface area contributed by atoms with Crippen molar-refractivity contribution in [3.63, 3.8) is 0 Å². The van der Waals surface area contributed by atoms with Gasteiger partial charge in [0.1, 0.15) is 5.75 Å². The van der Waals surface area contributed by atoms with E-state index in [1.165, 1.54) is 11.3 Å². The lowest BCUT2D eigenvalue weighted by Gasteiger charge is -2.28. The number of aromatic nitrogens is 1. The normalized spacial score (nSPS) is 12.7. The highest BCUT2D eigenvalue weighted by Crippen LogP contribution is 2.38. The molecule has 0 aliphatic carbocycles. The molecule has 0 unspecified atom stereocenters. The maximum atomic E-state index is 12.3. The first-order valence-electron chi connectivity index (χ1n) is 9.44. The third kappa shape index (κ3) is 4.55. The highest BCUT2D eigenvalue weighted by molar-refractivity contribution is 7.16. The largest absolute Gasteiger partial charge is 0.482 e. The second-order valence-corrected chi connectivity index (χ2v) is 8.42. The van der Waals surface area contributed by atoms with Gasteiger partial charge in [-0.15, -0.1) is 17.9 Å². The summed E-state index contributed by atoms with van der Waals surface area (Å²) in [4.78, 5) is 31.7. The van der Waals surface area contributed by atoms with Crippen LogP contribution in [0.4, 0.5) is 21.3 Å². The van der Waals surface area contributed by atoms with Crippen molar-refractivity contribution < 1.29 is 14.3 Å². The summed E-state index contributed by atoms with van der Waals surface area (Å²) in [5, 5.41) is 6.47. The minimum atomic E-state index is -0.413. The highest BCUT2D eigenvalue weighted by Gasteiger charge is 2.25. The Morgan fingerprint density at radius 1 is 1.32 bits per heavy atom. The average Bonchev–Trinajstić information content (AvgIpc) is 3.09. The maximum absolute atomic E-state index is 12.3. The molecule has 4 rings (SSSR count). The number of thiazole rings is 1. The van der Waals surface area contributed by atoms with Crippen LogP contribution in [0.25, 0.3) is 11.3 Å². The van der Waals surface area contributed by atoms with Gasteiger partial charge in [-0.05, 0) is 43.3 Å². The number of carbonyl (C=O) groups is 2. The van der Waals surface area contributed by atoms with Gasteiger partial charge in [0.15, 0.2) is 11.7 Å². The van der Waals surface area contributed by atoms with Gasteiger partial charge in [0.2, 0.25) is 0 Å². The van der Waals surface area contributed by atoms with Gasteiger partial charge >= 0.3 is 6.03 Å². The number of benzene rings is 2. The van der Waals surface area contributed by atoms with Gasteiger partial charge in [-0.25, -0.2) is 9.78 Å². The van der Waals surface area contributed by atoms with Gasteiger partial charge < -0.3 is 15.0 Å². The SMILES string of the molecule is C=CCN1C(=O)COc2ccc(-c3nc(NC(=O)Nc4cccc(Cl)c4)sc3C)cc21. The van der Waals surface area contributed by atoms with Crippen LogP contribution in [0, 0.1) is 6.92 Å². The zero-order valence-electron chi connectivity index (χ0n) is 16.6. The standard InChI is InChI=1S/C22H19ClN4O3S/c1-3-9-27-17-10-14(7-8-18(17)30-12-19(27)28)20-13(2)31-22(25-20)26-21(29)24-16-6-4-5-15(23)11-16/h3-8,10-11H,1,9,12H2,2H3,(H2,24,25,26,29). The molecule has 0 atom stereocenters. The number of amides is 3. The Balaban J connectivity index is 1.56. The van der Waals surface area contributed by atoms with Crippen molar-refractivity contribution in [3.05, 3.63) is 65.0 Å². The molecule has 3 aromatic rings. The van der Waals surface area contributed by atoms with Crippen LogP contribution < -0.4 is 20.3 Å². The van der Waals surface area contributed by atoms with Crippen molar-refractivity contribution >= 4 is 51.4 Å². The molecule has 2 aromatic carbocycles. The van der Waals surface area contributed by atoms with E-state index in [-0.39, 0.29) is 12.5 Å². The molecule has 2 N–H and O–H groups in total. The molecule has 0 spiro atoms. The molecule has 7 nitrogen and oxygen atoms in total. The molecule has 0 bridgehead atoms. The average molecular weight is 455 g/mol. The predicted octanol–water partition coefficient (Wildman–Crippen LogP) is 5.33. The number of hydrogen-bond acceptors (Lipinski definition) is 5. The van der Waals surface area contributed by atoms with Crippen molar-refractivity contribution in [1.29, 1.82) is 0 Å². The summed E-state index contributed by atoms with van der Waals surface area (Å²) in [7, 11) is 0. The van der Waals surface area contributed by atoms with E-state index in [0.717, 1.165) is 16.1 Å². The molecule has 158 valence electrons. The molecule has 0 radical (unpaired) electrons. The van der Waals surface area contributed by atoms with E-state index >= 15 is 0 Å². The summed E-state index contributed by atoms with van der Waals surface area (Å²) in [6.45, 7) is 6.05. The Morgan fingerprint density at radius 2 is 2.16 bits per heavy atom. The molecular formula is C22H19ClN4O3S. The Labute approximate surface area is 188 Å². The minimum absolute atomic E-state index is 0.00568. The molecule has 9 heteroatoms. The zero-order valence-corrected chi connectivity index (χ0v) is 18.2. The molecule has 1 aromatic heterocycles. The van der Waals surface area contributed by atoms with Crippen LogP contribution in [0.3, 0.4) is 0 Å². The van der Waals surface area contributed by atoms with Crippen LogP contribution in [0.2, 0.25) is 5.02 Å². The molecule has 3 amide bonds. The Morgan fingerprint density at radius 3 is 2.94 bits per heavy atom. The van der Waals surface area contributed by atoms with Crippen molar-refractivity contribution in [2.24, 2.45) is 0 Å². The second-order valence-electron chi connectivity index (χ2n) is 6.78. The van der Waals surface area contributed by atoms with Crippen LogP contribution >= 0.6 is 22.9 Å². The fourth-order valence-corrected chi connectivity index (χ4v) is 4.24. The third-order valence-corrected chi connectivity index (χ3v) is 5.71. The number of fused-ring (bicyclic) bond motifs is 1. The first kappa shape index (κ1) is 20.9. The summed E-state index contributed by atoms with van der Waals surface area (Å²) in [6.07, 6.45) is 1.67. The maximum Gasteiger partial charge on any atom is 0.325 e. The monoisotopic (exact) mass is 454 g/mol. The topological polar surface area (TPSA) is 83.6 Å². The fraction of sp³-hybridized carbons (Fsp3) is 0.136. The summed E-state index contributed by atoms with van der Waals surface area (Å²) in [6, 6.07) is 12.1. The number of carbonyl (C=O) groups excluding carboxylic acids is 2. The van der Waals surface area contributed by atoms with Gasteiger partial charge in [-0.1, -0.05) is 23.7 Å². The number of ether oxygens (including phenoxy) is 1. The van der Waals surface area contributed by atoms with Crippen molar-refractivity contribution in [2.75, 3.05) is 28.7 Å². The van der Waals surface area contributed by atoms with Gasteiger partial charge in [-0.3, -0.25) is 10.1 Å². The Kier molecular flexibility index (Phi) is 5.92.